The van der Waals surface area contributed by atoms with E-state index in [0.717, 1.165) is 6.42 Å². The number of allylic oxidation sites excluding steroid dienone is 4. The van der Waals surface area contributed by atoms with Crippen LogP contribution in [0, 0.1) is 5.92 Å². The Labute approximate surface area is 86.5 Å². The third kappa shape index (κ3) is 4.13. The molecule has 1 aromatic rings. The standard InChI is InChI=1S/C13H19N/c1-3-12(2)8-5-4-6-9-13-10-7-11-14-13/h4-8,10-12,14H,3,9H2,1-2H3/b6-4+,8-5+/t12-/m1/s1. The molecule has 0 bridgehead atoms. The van der Waals surface area contributed by atoms with Gasteiger partial charge >= 0.3 is 0 Å². The van der Waals surface area contributed by atoms with Crippen LogP contribution < -0.4 is 0 Å². The fraction of sp³-hybridized carbons (Fsp3) is 0.385. The molecule has 1 heteroatoms. The molecule has 0 aliphatic heterocycles. The molecule has 0 aromatic carbocycles. The summed E-state index contributed by atoms with van der Waals surface area (Å²) in [5.74, 6) is 0.685. The first-order valence-electron chi connectivity index (χ1n) is 5.28. The van der Waals surface area contributed by atoms with Crippen LogP contribution in [0.15, 0.2) is 42.6 Å². The number of nitrogens with one attached hydrogen (secondary N) is 1. The quantitative estimate of drug-likeness (QED) is 0.679. The van der Waals surface area contributed by atoms with Gasteiger partial charge in [-0.3, -0.25) is 0 Å². The number of aromatic nitrogens is 1. The Bertz CT molecular complexity index is 280. The van der Waals surface area contributed by atoms with Crippen molar-refractivity contribution in [3.8, 4) is 0 Å². The van der Waals surface area contributed by atoms with E-state index in [-0.39, 0.29) is 0 Å². The Morgan fingerprint density at radius 2 is 2.29 bits per heavy atom. The van der Waals surface area contributed by atoms with Crippen molar-refractivity contribution in [3.05, 3.63) is 48.3 Å². The average molecular weight is 189 g/mol. The van der Waals surface area contributed by atoms with E-state index in [1.165, 1.54) is 12.1 Å². The van der Waals surface area contributed by atoms with E-state index in [9.17, 15) is 0 Å². The lowest BCUT2D eigenvalue weighted by Crippen LogP contribution is -1.83. The van der Waals surface area contributed by atoms with Gasteiger partial charge in [-0.1, -0.05) is 44.6 Å². The molecule has 14 heavy (non-hydrogen) atoms. The lowest BCUT2D eigenvalue weighted by Gasteiger charge is -1.96. The topological polar surface area (TPSA) is 15.8 Å². The zero-order valence-electron chi connectivity index (χ0n) is 9.03. The predicted molar refractivity (Wildman–Crippen MR) is 62.2 cm³/mol. The Balaban J connectivity index is 2.25. The van der Waals surface area contributed by atoms with Crippen LogP contribution in [-0.2, 0) is 6.42 Å². The summed E-state index contributed by atoms with van der Waals surface area (Å²) in [6.45, 7) is 4.44. The summed E-state index contributed by atoms with van der Waals surface area (Å²) < 4.78 is 0. The molecule has 1 nitrogen and oxygen atoms in total. The van der Waals surface area contributed by atoms with Gasteiger partial charge in [0.25, 0.3) is 0 Å². The molecular weight excluding hydrogens is 170 g/mol. The lowest BCUT2D eigenvalue weighted by atomic mass is 10.1. The summed E-state index contributed by atoms with van der Waals surface area (Å²) >= 11 is 0. The Hall–Kier alpha value is -1.24. The SMILES string of the molecule is CC[C@@H](C)/C=C/C=C/Cc1ccc[nH]1. The van der Waals surface area contributed by atoms with E-state index >= 15 is 0 Å². The fourth-order valence-corrected chi connectivity index (χ4v) is 1.16. The summed E-state index contributed by atoms with van der Waals surface area (Å²) in [7, 11) is 0. The Morgan fingerprint density at radius 3 is 2.93 bits per heavy atom. The summed E-state index contributed by atoms with van der Waals surface area (Å²) in [4.78, 5) is 3.17. The van der Waals surface area contributed by atoms with Gasteiger partial charge in [-0.2, -0.15) is 0 Å². The van der Waals surface area contributed by atoms with Crippen molar-refractivity contribution >= 4 is 0 Å². The second-order valence-electron chi connectivity index (χ2n) is 3.60. The molecule has 1 atom stereocenters. The number of aromatic amines is 1. The molecule has 0 aliphatic rings. The van der Waals surface area contributed by atoms with Crippen LogP contribution in [0.25, 0.3) is 0 Å². The normalized spacial score (nSPS) is 14.1. The van der Waals surface area contributed by atoms with E-state index in [1.807, 2.05) is 12.3 Å². The Kier molecular flexibility index (Phi) is 4.84. The molecule has 1 heterocycles. The minimum absolute atomic E-state index is 0.685. The summed E-state index contributed by atoms with van der Waals surface area (Å²) in [5, 5.41) is 0. The van der Waals surface area contributed by atoms with Gasteiger partial charge in [0.2, 0.25) is 0 Å². The monoisotopic (exact) mass is 189 g/mol. The van der Waals surface area contributed by atoms with Gasteiger partial charge in [0.1, 0.15) is 0 Å². The molecule has 0 unspecified atom stereocenters. The second kappa shape index (κ2) is 6.25. The minimum Gasteiger partial charge on any atom is -0.365 e. The molecule has 0 saturated carbocycles. The maximum absolute atomic E-state index is 3.17. The molecule has 0 radical (unpaired) electrons. The van der Waals surface area contributed by atoms with Gasteiger partial charge in [0, 0.05) is 18.3 Å². The first kappa shape index (κ1) is 10.8. The van der Waals surface area contributed by atoms with Crippen molar-refractivity contribution in [2.75, 3.05) is 0 Å². The van der Waals surface area contributed by atoms with Crippen LogP contribution in [0.2, 0.25) is 0 Å². The van der Waals surface area contributed by atoms with Crippen molar-refractivity contribution < 1.29 is 0 Å². The highest BCUT2D eigenvalue weighted by Gasteiger charge is 1.88. The molecule has 76 valence electrons. The molecule has 1 aromatic heterocycles. The highest BCUT2D eigenvalue weighted by atomic mass is 14.7. The number of rotatable bonds is 5. The van der Waals surface area contributed by atoms with Crippen molar-refractivity contribution in [2.24, 2.45) is 5.92 Å². The number of hydrogen-bond donors (Lipinski definition) is 1. The first-order valence-corrected chi connectivity index (χ1v) is 5.28. The van der Waals surface area contributed by atoms with Gasteiger partial charge in [-0.15, -0.1) is 0 Å². The first-order chi connectivity index (χ1) is 6.83. The van der Waals surface area contributed by atoms with Crippen LogP contribution in [-0.4, -0.2) is 4.98 Å². The minimum atomic E-state index is 0.685. The molecule has 1 N–H and O–H groups in total. The predicted octanol–water partition coefficient (Wildman–Crippen LogP) is 3.72. The van der Waals surface area contributed by atoms with E-state index in [4.69, 9.17) is 0 Å². The third-order valence-electron chi connectivity index (χ3n) is 2.33. The van der Waals surface area contributed by atoms with Crippen molar-refractivity contribution in [3.63, 3.8) is 0 Å². The van der Waals surface area contributed by atoms with Crippen LogP contribution in [0.5, 0.6) is 0 Å². The Morgan fingerprint density at radius 1 is 1.43 bits per heavy atom. The largest absolute Gasteiger partial charge is 0.365 e. The van der Waals surface area contributed by atoms with Crippen molar-refractivity contribution in [1.29, 1.82) is 0 Å². The third-order valence-corrected chi connectivity index (χ3v) is 2.33. The molecule has 0 fully saturated rings. The van der Waals surface area contributed by atoms with Crippen molar-refractivity contribution in [1.82, 2.24) is 4.98 Å². The zero-order valence-corrected chi connectivity index (χ0v) is 9.03. The fourth-order valence-electron chi connectivity index (χ4n) is 1.16. The highest BCUT2D eigenvalue weighted by molar-refractivity contribution is 5.11. The summed E-state index contributed by atoms with van der Waals surface area (Å²) in [5.41, 5.74) is 1.26. The smallest absolute Gasteiger partial charge is 0.0185 e. The molecule has 1 rings (SSSR count). The van der Waals surface area contributed by atoms with Gasteiger partial charge in [0.15, 0.2) is 0 Å². The molecule has 0 aliphatic carbocycles. The number of H-pyrrole nitrogens is 1. The maximum atomic E-state index is 3.17. The summed E-state index contributed by atoms with van der Waals surface area (Å²) in [6, 6.07) is 4.13. The summed E-state index contributed by atoms with van der Waals surface area (Å²) in [6.07, 6.45) is 12.8. The van der Waals surface area contributed by atoms with E-state index < -0.39 is 0 Å². The molecule has 0 amide bonds. The molecule has 0 spiro atoms. The van der Waals surface area contributed by atoms with Crippen LogP contribution in [0.4, 0.5) is 0 Å². The number of hydrogen-bond acceptors (Lipinski definition) is 0. The van der Waals surface area contributed by atoms with Gasteiger partial charge in [0.05, 0.1) is 0 Å². The average Bonchev–Trinajstić information content (AvgIpc) is 2.69. The van der Waals surface area contributed by atoms with E-state index in [2.05, 4.69) is 49.2 Å². The molecular formula is C13H19N. The van der Waals surface area contributed by atoms with E-state index in [0.29, 0.717) is 5.92 Å². The lowest BCUT2D eigenvalue weighted by molar-refractivity contribution is 0.698. The van der Waals surface area contributed by atoms with Crippen LogP contribution in [0.3, 0.4) is 0 Å². The second-order valence-corrected chi connectivity index (χ2v) is 3.60. The van der Waals surface area contributed by atoms with Crippen molar-refractivity contribution in [2.45, 2.75) is 26.7 Å². The van der Waals surface area contributed by atoms with Gasteiger partial charge < -0.3 is 4.98 Å². The zero-order chi connectivity index (χ0) is 10.2. The molecule has 0 saturated heterocycles. The maximum Gasteiger partial charge on any atom is 0.0185 e. The van der Waals surface area contributed by atoms with E-state index in [1.54, 1.807) is 0 Å². The van der Waals surface area contributed by atoms with Gasteiger partial charge in [-0.25, -0.2) is 0 Å². The van der Waals surface area contributed by atoms with Gasteiger partial charge in [-0.05, 0) is 18.1 Å². The highest BCUT2D eigenvalue weighted by Crippen LogP contribution is 2.02. The van der Waals surface area contributed by atoms with Crippen LogP contribution >= 0.6 is 0 Å². The van der Waals surface area contributed by atoms with Crippen LogP contribution in [0.1, 0.15) is 26.0 Å².